The molecule has 0 atom stereocenters. The predicted octanol–water partition coefficient (Wildman–Crippen LogP) is 16.5. The average molecular weight is 803 g/mol. The van der Waals surface area contributed by atoms with Crippen molar-refractivity contribution in [2.45, 2.75) is 26.9 Å². The number of ether oxygens (including phenoxy) is 1. The number of benzene rings is 9. The van der Waals surface area contributed by atoms with Crippen LogP contribution in [0.4, 0.5) is 34.1 Å². The van der Waals surface area contributed by atoms with E-state index < -0.39 is 0 Å². The van der Waals surface area contributed by atoms with Gasteiger partial charge >= 0.3 is 0 Å². The van der Waals surface area contributed by atoms with Gasteiger partial charge in [0.25, 0.3) is 0 Å². The van der Waals surface area contributed by atoms with Crippen LogP contribution in [0.3, 0.4) is 0 Å². The summed E-state index contributed by atoms with van der Waals surface area (Å²) in [6.07, 6.45) is 1.01. The van der Waals surface area contributed by atoms with E-state index in [1.54, 1.807) is 0 Å². The molecular formula is C59H50N2O. The van der Waals surface area contributed by atoms with Crippen molar-refractivity contribution in [1.29, 1.82) is 0 Å². The summed E-state index contributed by atoms with van der Waals surface area (Å²) in [6, 6.07) is 82.9. The van der Waals surface area contributed by atoms with E-state index in [2.05, 4.69) is 254 Å². The van der Waals surface area contributed by atoms with Gasteiger partial charge < -0.3 is 14.5 Å². The molecule has 0 radical (unpaired) electrons. The quantitative estimate of drug-likeness (QED) is 0.102. The van der Waals surface area contributed by atoms with Crippen LogP contribution in [-0.4, -0.2) is 6.61 Å². The number of hydrogen-bond acceptors (Lipinski definition) is 3. The maximum absolute atomic E-state index is 5.83. The topological polar surface area (TPSA) is 15.7 Å². The summed E-state index contributed by atoms with van der Waals surface area (Å²) in [4.78, 5) is 4.64. The molecular weight excluding hydrogens is 753 g/mol. The summed E-state index contributed by atoms with van der Waals surface area (Å²) in [5.41, 5.74) is 18.6. The minimum Gasteiger partial charge on any atom is -0.377 e. The monoisotopic (exact) mass is 802 g/mol. The third-order valence-corrected chi connectivity index (χ3v) is 11.4. The van der Waals surface area contributed by atoms with Crippen LogP contribution < -0.4 is 9.80 Å². The normalized spacial score (nSPS) is 11.0. The number of rotatable bonds is 14. The van der Waals surface area contributed by atoms with Gasteiger partial charge in [-0.1, -0.05) is 170 Å². The highest BCUT2D eigenvalue weighted by atomic mass is 16.5. The van der Waals surface area contributed by atoms with Crippen molar-refractivity contribution >= 4 is 34.1 Å². The van der Waals surface area contributed by atoms with Crippen LogP contribution in [0.5, 0.6) is 0 Å². The van der Waals surface area contributed by atoms with Gasteiger partial charge in [-0.25, -0.2) is 0 Å². The van der Waals surface area contributed by atoms with E-state index in [0.717, 1.165) is 47.2 Å². The molecule has 0 saturated heterocycles. The van der Waals surface area contributed by atoms with Crippen molar-refractivity contribution in [3.05, 3.63) is 242 Å². The first-order chi connectivity index (χ1) is 30.6. The first kappa shape index (κ1) is 40.0. The Labute approximate surface area is 366 Å². The lowest BCUT2D eigenvalue weighted by Gasteiger charge is -2.26. The zero-order valence-corrected chi connectivity index (χ0v) is 35.4. The fourth-order valence-corrected chi connectivity index (χ4v) is 7.99. The second kappa shape index (κ2) is 18.9. The highest BCUT2D eigenvalue weighted by Gasteiger charge is 2.16. The highest BCUT2D eigenvalue weighted by molar-refractivity contribution is 5.82. The van der Waals surface area contributed by atoms with Crippen molar-refractivity contribution in [2.75, 3.05) is 16.4 Å². The van der Waals surface area contributed by atoms with Gasteiger partial charge in [0.05, 0.1) is 6.61 Å². The summed E-state index contributed by atoms with van der Waals surface area (Å²) in [7, 11) is 0. The van der Waals surface area contributed by atoms with Gasteiger partial charge in [0.1, 0.15) is 0 Å². The molecule has 0 spiro atoms. The Morgan fingerprint density at radius 2 is 0.565 bits per heavy atom. The van der Waals surface area contributed by atoms with Gasteiger partial charge in [-0.05, 0) is 136 Å². The lowest BCUT2D eigenvalue weighted by atomic mass is 9.99. The SMILES string of the molecule is CCCOCc1ccc(N(c2ccc(-c3ccccc3)cc2)c2ccc(-c3ccc(-c4ccc(N(c5ccc(C)cc5)c5ccc(-c6ccccc6)cc5)cc4)cc3)cc2)cc1. The third-order valence-electron chi connectivity index (χ3n) is 11.4. The predicted molar refractivity (Wildman–Crippen MR) is 262 cm³/mol. The van der Waals surface area contributed by atoms with Crippen LogP contribution in [-0.2, 0) is 11.3 Å². The molecule has 9 aromatic carbocycles. The maximum atomic E-state index is 5.83. The van der Waals surface area contributed by atoms with Gasteiger partial charge in [0.15, 0.2) is 0 Å². The van der Waals surface area contributed by atoms with Gasteiger partial charge in [-0.15, -0.1) is 0 Å². The molecule has 0 aliphatic carbocycles. The minimum atomic E-state index is 0.621. The fourth-order valence-electron chi connectivity index (χ4n) is 7.99. The van der Waals surface area contributed by atoms with Crippen molar-refractivity contribution < 1.29 is 4.74 Å². The van der Waals surface area contributed by atoms with E-state index in [1.807, 2.05) is 0 Å². The molecule has 0 amide bonds. The van der Waals surface area contributed by atoms with E-state index >= 15 is 0 Å². The molecule has 3 nitrogen and oxygen atoms in total. The molecule has 0 aromatic heterocycles. The first-order valence-electron chi connectivity index (χ1n) is 21.6. The van der Waals surface area contributed by atoms with E-state index in [0.29, 0.717) is 6.61 Å². The molecule has 0 N–H and O–H groups in total. The summed E-state index contributed by atoms with van der Waals surface area (Å²) >= 11 is 0. The molecule has 0 saturated carbocycles. The second-order valence-electron chi connectivity index (χ2n) is 15.7. The summed E-state index contributed by atoms with van der Waals surface area (Å²) in [6.45, 7) is 5.66. The van der Waals surface area contributed by atoms with Crippen molar-refractivity contribution in [1.82, 2.24) is 0 Å². The van der Waals surface area contributed by atoms with E-state index in [-0.39, 0.29) is 0 Å². The Morgan fingerprint density at radius 1 is 0.306 bits per heavy atom. The maximum Gasteiger partial charge on any atom is 0.0716 e. The van der Waals surface area contributed by atoms with Crippen molar-refractivity contribution in [3.63, 3.8) is 0 Å². The molecule has 0 bridgehead atoms. The van der Waals surface area contributed by atoms with Crippen LogP contribution in [0.25, 0.3) is 44.5 Å². The molecule has 9 aromatic rings. The molecule has 9 rings (SSSR count). The smallest absolute Gasteiger partial charge is 0.0716 e. The standard InChI is InChI=1S/C59H50N2O/c1-3-42-62-43-45-16-32-55(33-17-45)61(58-36-24-51(25-37-58)47-12-8-5-9-13-47)59-40-28-53(29-41-59)49-20-18-48(19-21-49)52-26-38-57(39-27-52)60(54-30-14-44(2)15-31-54)56-34-22-50(23-35-56)46-10-6-4-7-11-46/h4-41H,3,42-43H2,1-2H3. The molecule has 0 aliphatic heterocycles. The first-order valence-corrected chi connectivity index (χ1v) is 21.6. The Balaban J connectivity index is 0.949. The van der Waals surface area contributed by atoms with E-state index in [9.17, 15) is 0 Å². The second-order valence-corrected chi connectivity index (χ2v) is 15.7. The fraction of sp³-hybridized carbons (Fsp3) is 0.0847. The number of aryl methyl sites for hydroxylation is 1. The van der Waals surface area contributed by atoms with Crippen LogP contribution in [0.1, 0.15) is 24.5 Å². The number of nitrogens with zero attached hydrogens (tertiary/aromatic N) is 2. The molecule has 0 fully saturated rings. The molecule has 0 heterocycles. The summed E-state index contributed by atoms with van der Waals surface area (Å²) in [5.74, 6) is 0. The Kier molecular flexibility index (Phi) is 12.2. The van der Waals surface area contributed by atoms with Gasteiger partial charge in [-0.2, -0.15) is 0 Å². The van der Waals surface area contributed by atoms with Gasteiger partial charge in [0, 0.05) is 40.7 Å². The minimum absolute atomic E-state index is 0.621. The van der Waals surface area contributed by atoms with Gasteiger partial charge in [0.2, 0.25) is 0 Å². The molecule has 62 heavy (non-hydrogen) atoms. The van der Waals surface area contributed by atoms with Crippen molar-refractivity contribution in [3.8, 4) is 44.5 Å². The number of anilines is 6. The van der Waals surface area contributed by atoms with E-state index in [4.69, 9.17) is 4.74 Å². The van der Waals surface area contributed by atoms with Crippen LogP contribution in [0.2, 0.25) is 0 Å². The lowest BCUT2D eigenvalue weighted by molar-refractivity contribution is 0.121. The average Bonchev–Trinajstić information content (AvgIpc) is 3.34. The zero-order chi connectivity index (χ0) is 42.1. The Morgan fingerprint density at radius 3 is 0.871 bits per heavy atom. The van der Waals surface area contributed by atoms with Crippen LogP contribution >= 0.6 is 0 Å². The third kappa shape index (κ3) is 9.14. The molecule has 0 unspecified atom stereocenters. The van der Waals surface area contributed by atoms with Crippen molar-refractivity contribution in [2.24, 2.45) is 0 Å². The van der Waals surface area contributed by atoms with Gasteiger partial charge in [-0.3, -0.25) is 0 Å². The highest BCUT2D eigenvalue weighted by Crippen LogP contribution is 2.39. The van der Waals surface area contributed by atoms with E-state index in [1.165, 1.54) is 55.6 Å². The molecule has 3 heteroatoms. The Hall–Kier alpha value is -7.46. The summed E-state index contributed by atoms with van der Waals surface area (Å²) in [5, 5.41) is 0. The molecule has 0 aliphatic rings. The number of hydrogen-bond donors (Lipinski definition) is 0. The largest absolute Gasteiger partial charge is 0.377 e. The van der Waals surface area contributed by atoms with Crippen LogP contribution in [0.15, 0.2) is 231 Å². The zero-order valence-electron chi connectivity index (χ0n) is 35.4. The lowest BCUT2D eigenvalue weighted by Crippen LogP contribution is -2.10. The van der Waals surface area contributed by atoms with Crippen LogP contribution in [0, 0.1) is 6.92 Å². The Bertz CT molecular complexity index is 2780. The summed E-state index contributed by atoms with van der Waals surface area (Å²) < 4.78 is 5.83. The molecule has 302 valence electrons.